The molecule has 0 aromatic rings. The molecule has 3 nitrogen and oxygen atoms in total. The van der Waals surface area contributed by atoms with E-state index in [0.29, 0.717) is 0 Å². The van der Waals surface area contributed by atoms with E-state index in [1.807, 2.05) is 0 Å². The van der Waals surface area contributed by atoms with Crippen molar-refractivity contribution < 1.29 is 0 Å². The number of hydrogen-bond donors (Lipinski definition) is 2. The van der Waals surface area contributed by atoms with Crippen LogP contribution < -0.4 is 10.6 Å². The highest BCUT2D eigenvalue weighted by Crippen LogP contribution is 2.15. The van der Waals surface area contributed by atoms with Gasteiger partial charge in [-0.1, -0.05) is 13.3 Å². The number of nitrogens with zero attached hydrogens (tertiary/aromatic N) is 1. The number of nitrogens with one attached hydrogen (secondary N) is 2. The molecule has 2 N–H and O–H groups in total. The molecular formula is C13H29N3. The average molecular weight is 227 g/mol. The summed E-state index contributed by atoms with van der Waals surface area (Å²) in [6.45, 7) is 11.5. The fourth-order valence-corrected chi connectivity index (χ4v) is 2.38. The molecule has 1 heterocycles. The maximum Gasteiger partial charge on any atom is 0.00767 e. The predicted molar refractivity (Wildman–Crippen MR) is 70.9 cm³/mol. The second kappa shape index (κ2) is 8.97. The highest BCUT2D eigenvalue weighted by Gasteiger charge is 2.16. The Kier molecular flexibility index (Phi) is 7.81. The summed E-state index contributed by atoms with van der Waals surface area (Å²) in [7, 11) is 0. The Morgan fingerprint density at radius 2 is 1.94 bits per heavy atom. The van der Waals surface area contributed by atoms with Crippen LogP contribution in [0.2, 0.25) is 0 Å². The first-order valence-corrected chi connectivity index (χ1v) is 7.00. The highest BCUT2D eigenvalue weighted by molar-refractivity contribution is 4.72. The molecule has 96 valence electrons. The van der Waals surface area contributed by atoms with Crippen LogP contribution in [0.5, 0.6) is 0 Å². The second-order valence-corrected chi connectivity index (χ2v) is 4.84. The van der Waals surface area contributed by atoms with Crippen molar-refractivity contribution in [3.63, 3.8) is 0 Å². The van der Waals surface area contributed by atoms with Crippen LogP contribution in [0.4, 0.5) is 0 Å². The quantitative estimate of drug-likeness (QED) is 0.615. The average Bonchev–Trinajstić information content (AvgIpc) is 2.30. The van der Waals surface area contributed by atoms with Gasteiger partial charge in [-0.2, -0.15) is 0 Å². The van der Waals surface area contributed by atoms with E-state index in [1.165, 1.54) is 38.8 Å². The molecule has 0 saturated carbocycles. The van der Waals surface area contributed by atoms with Gasteiger partial charge in [-0.25, -0.2) is 0 Å². The van der Waals surface area contributed by atoms with Crippen LogP contribution in [-0.4, -0.2) is 50.2 Å². The molecule has 0 bridgehead atoms. The van der Waals surface area contributed by atoms with Gasteiger partial charge in [-0.3, -0.25) is 0 Å². The topological polar surface area (TPSA) is 27.3 Å². The third-order valence-corrected chi connectivity index (χ3v) is 3.47. The monoisotopic (exact) mass is 227 g/mol. The molecule has 1 rings (SSSR count). The molecule has 0 amide bonds. The van der Waals surface area contributed by atoms with Gasteiger partial charge in [0.15, 0.2) is 0 Å². The zero-order valence-corrected chi connectivity index (χ0v) is 11.1. The maximum absolute atomic E-state index is 3.49. The summed E-state index contributed by atoms with van der Waals surface area (Å²) in [6, 6.07) is 0.815. The van der Waals surface area contributed by atoms with Crippen LogP contribution in [-0.2, 0) is 0 Å². The summed E-state index contributed by atoms with van der Waals surface area (Å²) in [4.78, 5) is 2.65. The molecule has 1 aliphatic heterocycles. The van der Waals surface area contributed by atoms with Crippen LogP contribution in [0.1, 0.15) is 39.5 Å². The van der Waals surface area contributed by atoms with Gasteiger partial charge in [-0.15, -0.1) is 0 Å². The van der Waals surface area contributed by atoms with E-state index in [-0.39, 0.29) is 0 Å². The first-order chi connectivity index (χ1) is 7.84. The molecule has 1 fully saturated rings. The van der Waals surface area contributed by atoms with Gasteiger partial charge in [0.2, 0.25) is 0 Å². The number of rotatable bonds is 8. The Balaban J connectivity index is 1.90. The van der Waals surface area contributed by atoms with Crippen LogP contribution in [0.25, 0.3) is 0 Å². The summed E-state index contributed by atoms with van der Waals surface area (Å²) >= 11 is 0. The van der Waals surface area contributed by atoms with E-state index in [2.05, 4.69) is 29.4 Å². The number of hydrogen-bond acceptors (Lipinski definition) is 3. The molecule has 1 atom stereocenters. The lowest BCUT2D eigenvalue weighted by atomic mass is 10.0. The Morgan fingerprint density at radius 3 is 2.69 bits per heavy atom. The lowest BCUT2D eigenvalue weighted by Gasteiger charge is -2.33. The second-order valence-electron chi connectivity index (χ2n) is 4.84. The zero-order valence-electron chi connectivity index (χ0n) is 11.1. The smallest absolute Gasteiger partial charge is 0.00767 e. The fraction of sp³-hybridized carbons (Fsp3) is 1.00. The molecule has 16 heavy (non-hydrogen) atoms. The van der Waals surface area contributed by atoms with Crippen molar-refractivity contribution in [1.29, 1.82) is 0 Å². The molecule has 0 aromatic carbocycles. The molecule has 1 aliphatic rings. The Morgan fingerprint density at radius 1 is 1.12 bits per heavy atom. The van der Waals surface area contributed by atoms with Gasteiger partial charge in [-0.05, 0) is 52.4 Å². The van der Waals surface area contributed by atoms with Crippen LogP contribution in [0.15, 0.2) is 0 Å². The highest BCUT2D eigenvalue weighted by atomic mass is 15.2. The fourth-order valence-electron chi connectivity index (χ4n) is 2.38. The van der Waals surface area contributed by atoms with Crippen molar-refractivity contribution in [1.82, 2.24) is 15.5 Å². The van der Waals surface area contributed by atoms with Crippen LogP contribution >= 0.6 is 0 Å². The summed E-state index contributed by atoms with van der Waals surface area (Å²) in [5, 5.41) is 6.81. The molecule has 0 aliphatic carbocycles. The SMILES string of the molecule is CCNCCNCCCN1CCCCC1C. The molecular weight excluding hydrogens is 198 g/mol. The first-order valence-electron chi connectivity index (χ1n) is 7.00. The third-order valence-electron chi connectivity index (χ3n) is 3.47. The van der Waals surface area contributed by atoms with E-state index < -0.39 is 0 Å². The lowest BCUT2D eigenvalue weighted by molar-refractivity contribution is 0.159. The standard InChI is InChI=1S/C13H29N3/c1-3-14-9-10-15-8-6-12-16-11-5-4-7-13(16)2/h13-15H,3-12H2,1-2H3. The molecule has 3 heteroatoms. The van der Waals surface area contributed by atoms with Crippen molar-refractivity contribution in [2.45, 2.75) is 45.6 Å². The minimum atomic E-state index is 0.815. The van der Waals surface area contributed by atoms with E-state index in [4.69, 9.17) is 0 Å². The molecule has 1 saturated heterocycles. The van der Waals surface area contributed by atoms with Gasteiger partial charge in [0, 0.05) is 19.1 Å². The van der Waals surface area contributed by atoms with Crippen molar-refractivity contribution in [3.8, 4) is 0 Å². The molecule has 0 aromatic heterocycles. The molecule has 0 radical (unpaired) electrons. The van der Waals surface area contributed by atoms with Crippen LogP contribution in [0, 0.1) is 0 Å². The summed E-state index contributed by atoms with van der Waals surface area (Å²) in [5.41, 5.74) is 0. The van der Waals surface area contributed by atoms with Gasteiger partial charge >= 0.3 is 0 Å². The molecule has 1 unspecified atom stereocenters. The Labute approximate surface area is 101 Å². The molecule has 0 spiro atoms. The Hall–Kier alpha value is -0.120. The summed E-state index contributed by atoms with van der Waals surface area (Å²) in [5.74, 6) is 0. The van der Waals surface area contributed by atoms with Gasteiger partial charge in [0.05, 0.1) is 0 Å². The zero-order chi connectivity index (χ0) is 11.6. The largest absolute Gasteiger partial charge is 0.316 e. The van der Waals surface area contributed by atoms with E-state index >= 15 is 0 Å². The minimum Gasteiger partial charge on any atom is -0.316 e. The third kappa shape index (κ3) is 5.83. The van der Waals surface area contributed by atoms with Gasteiger partial charge < -0.3 is 15.5 Å². The summed E-state index contributed by atoms with van der Waals surface area (Å²) in [6.07, 6.45) is 5.51. The lowest BCUT2D eigenvalue weighted by Crippen LogP contribution is -2.39. The minimum absolute atomic E-state index is 0.815. The number of likely N-dealkylation sites (tertiary alicyclic amines) is 1. The van der Waals surface area contributed by atoms with Crippen molar-refractivity contribution in [2.24, 2.45) is 0 Å². The van der Waals surface area contributed by atoms with Crippen molar-refractivity contribution in [3.05, 3.63) is 0 Å². The van der Waals surface area contributed by atoms with E-state index in [1.54, 1.807) is 0 Å². The van der Waals surface area contributed by atoms with Gasteiger partial charge in [0.1, 0.15) is 0 Å². The predicted octanol–water partition coefficient (Wildman–Crippen LogP) is 1.45. The first kappa shape index (κ1) is 13.9. The normalized spacial score (nSPS) is 22.5. The van der Waals surface area contributed by atoms with Crippen molar-refractivity contribution >= 4 is 0 Å². The Bertz CT molecular complexity index is 161. The van der Waals surface area contributed by atoms with Crippen LogP contribution in [0.3, 0.4) is 0 Å². The number of piperidine rings is 1. The van der Waals surface area contributed by atoms with E-state index in [0.717, 1.165) is 32.2 Å². The summed E-state index contributed by atoms with van der Waals surface area (Å²) < 4.78 is 0. The van der Waals surface area contributed by atoms with Crippen molar-refractivity contribution in [2.75, 3.05) is 39.3 Å². The van der Waals surface area contributed by atoms with Gasteiger partial charge in [0.25, 0.3) is 0 Å². The number of likely N-dealkylation sites (N-methyl/N-ethyl adjacent to an activating group) is 1. The van der Waals surface area contributed by atoms with E-state index in [9.17, 15) is 0 Å². The maximum atomic E-state index is 3.49.